The van der Waals surface area contributed by atoms with Crippen LogP contribution in [0.3, 0.4) is 0 Å². The molecule has 1 heterocycles. The Balaban J connectivity index is 3.13. The van der Waals surface area contributed by atoms with E-state index in [4.69, 9.17) is 10.5 Å². The van der Waals surface area contributed by atoms with Gasteiger partial charge in [0.1, 0.15) is 6.20 Å². The van der Waals surface area contributed by atoms with Crippen LogP contribution in [0.15, 0.2) is 18.3 Å². The largest absolute Gasteiger partial charge is 0.481 e. The van der Waals surface area contributed by atoms with Crippen molar-refractivity contribution in [3.63, 3.8) is 0 Å². The maximum atomic E-state index is 10.5. The van der Waals surface area contributed by atoms with Crippen LogP contribution in [0.1, 0.15) is 5.56 Å². The van der Waals surface area contributed by atoms with Crippen molar-refractivity contribution < 1.29 is 9.66 Å². The van der Waals surface area contributed by atoms with Crippen molar-refractivity contribution in [2.75, 3.05) is 13.7 Å². The average Bonchev–Trinajstić information content (AvgIpc) is 2.25. The second-order valence-electron chi connectivity index (χ2n) is 2.69. The van der Waals surface area contributed by atoms with E-state index in [0.717, 1.165) is 6.20 Å². The van der Waals surface area contributed by atoms with E-state index in [1.807, 2.05) is 0 Å². The average molecular weight is 209 g/mol. The van der Waals surface area contributed by atoms with E-state index >= 15 is 0 Å². The fraction of sp³-hybridized carbons (Fsp3) is 0.222. The second-order valence-corrected chi connectivity index (χ2v) is 2.69. The molecule has 0 saturated carbocycles. The van der Waals surface area contributed by atoms with Crippen molar-refractivity contribution in [2.24, 2.45) is 5.73 Å². The van der Waals surface area contributed by atoms with Gasteiger partial charge in [-0.05, 0) is 0 Å². The zero-order valence-electron chi connectivity index (χ0n) is 8.21. The molecule has 0 aliphatic rings. The van der Waals surface area contributed by atoms with Crippen molar-refractivity contribution in [3.05, 3.63) is 34.0 Å². The molecule has 0 aliphatic heterocycles. The Hall–Kier alpha value is -1.95. The lowest BCUT2D eigenvalue weighted by Gasteiger charge is -2.02. The number of rotatable bonds is 4. The number of methoxy groups -OCH3 is 1. The van der Waals surface area contributed by atoms with Gasteiger partial charge in [0.2, 0.25) is 5.88 Å². The molecule has 0 spiro atoms. The van der Waals surface area contributed by atoms with E-state index < -0.39 is 4.92 Å². The third-order valence-corrected chi connectivity index (χ3v) is 1.70. The topological polar surface area (TPSA) is 91.3 Å². The van der Waals surface area contributed by atoms with Gasteiger partial charge in [-0.1, -0.05) is 12.2 Å². The summed E-state index contributed by atoms with van der Waals surface area (Å²) < 4.78 is 4.95. The summed E-state index contributed by atoms with van der Waals surface area (Å²) in [5.41, 5.74) is 5.75. The molecule has 15 heavy (non-hydrogen) atoms. The molecule has 0 saturated heterocycles. The molecule has 0 unspecified atom stereocenters. The first-order chi connectivity index (χ1) is 7.19. The summed E-state index contributed by atoms with van der Waals surface area (Å²) in [5.74, 6) is 0.338. The fourth-order valence-corrected chi connectivity index (χ4v) is 1.04. The summed E-state index contributed by atoms with van der Waals surface area (Å²) in [4.78, 5) is 13.8. The number of nitrogens with zero attached hydrogens (tertiary/aromatic N) is 2. The minimum Gasteiger partial charge on any atom is -0.481 e. The number of hydrogen-bond acceptors (Lipinski definition) is 5. The van der Waals surface area contributed by atoms with Gasteiger partial charge < -0.3 is 10.5 Å². The van der Waals surface area contributed by atoms with E-state index in [1.165, 1.54) is 13.2 Å². The zero-order chi connectivity index (χ0) is 11.3. The number of ether oxygens (including phenoxy) is 1. The predicted molar refractivity (Wildman–Crippen MR) is 55.5 cm³/mol. The first-order valence-electron chi connectivity index (χ1n) is 4.24. The Bertz CT molecular complexity index is 390. The molecule has 1 rings (SSSR count). The van der Waals surface area contributed by atoms with E-state index in [1.54, 1.807) is 12.2 Å². The highest BCUT2D eigenvalue weighted by atomic mass is 16.6. The number of pyridine rings is 1. The van der Waals surface area contributed by atoms with Gasteiger partial charge in [0.15, 0.2) is 0 Å². The number of aromatic nitrogens is 1. The van der Waals surface area contributed by atoms with Gasteiger partial charge in [-0.15, -0.1) is 0 Å². The summed E-state index contributed by atoms with van der Waals surface area (Å²) >= 11 is 0. The monoisotopic (exact) mass is 209 g/mol. The Morgan fingerprint density at radius 2 is 2.47 bits per heavy atom. The van der Waals surface area contributed by atoms with Gasteiger partial charge in [0.05, 0.1) is 12.0 Å². The van der Waals surface area contributed by atoms with Crippen molar-refractivity contribution in [1.82, 2.24) is 4.98 Å². The lowest BCUT2D eigenvalue weighted by atomic mass is 10.2. The molecule has 0 fully saturated rings. The van der Waals surface area contributed by atoms with Crippen molar-refractivity contribution in [3.8, 4) is 5.88 Å². The first kappa shape index (κ1) is 11.1. The summed E-state index contributed by atoms with van der Waals surface area (Å²) in [6.45, 7) is 0.353. The third-order valence-electron chi connectivity index (χ3n) is 1.70. The molecule has 1 aromatic heterocycles. The quantitative estimate of drug-likeness (QED) is 0.589. The summed E-state index contributed by atoms with van der Waals surface area (Å²) in [7, 11) is 1.45. The molecular formula is C9H11N3O3. The summed E-state index contributed by atoms with van der Waals surface area (Å²) in [6, 6.07) is 1.39. The second kappa shape index (κ2) is 5.06. The van der Waals surface area contributed by atoms with Crippen LogP contribution < -0.4 is 10.5 Å². The van der Waals surface area contributed by atoms with Gasteiger partial charge in [0.25, 0.3) is 5.69 Å². The van der Waals surface area contributed by atoms with Crippen LogP contribution in [0.4, 0.5) is 5.69 Å². The smallest absolute Gasteiger partial charge is 0.288 e. The van der Waals surface area contributed by atoms with Gasteiger partial charge in [-0.2, -0.15) is 0 Å². The lowest BCUT2D eigenvalue weighted by Crippen LogP contribution is -1.96. The molecule has 1 aromatic rings. The molecule has 6 heteroatoms. The Morgan fingerprint density at radius 1 is 1.73 bits per heavy atom. The van der Waals surface area contributed by atoms with Gasteiger partial charge in [-0.3, -0.25) is 10.1 Å². The number of nitro groups is 1. The first-order valence-corrected chi connectivity index (χ1v) is 4.24. The van der Waals surface area contributed by atoms with E-state index in [-0.39, 0.29) is 5.69 Å². The summed E-state index contributed by atoms with van der Waals surface area (Å²) in [5, 5.41) is 10.5. The molecule has 2 N–H and O–H groups in total. The molecule has 0 amide bonds. The zero-order valence-corrected chi connectivity index (χ0v) is 8.21. The minimum atomic E-state index is -0.508. The fourth-order valence-electron chi connectivity index (χ4n) is 1.04. The van der Waals surface area contributed by atoms with E-state index in [9.17, 15) is 10.1 Å². The maximum Gasteiger partial charge on any atom is 0.288 e. The highest BCUT2D eigenvalue weighted by Crippen LogP contribution is 2.21. The SMILES string of the molecule is COc1ncc([N+](=O)[O-])cc1C=CCN. The van der Waals surface area contributed by atoms with Crippen molar-refractivity contribution >= 4 is 11.8 Å². The lowest BCUT2D eigenvalue weighted by molar-refractivity contribution is -0.385. The predicted octanol–water partition coefficient (Wildman–Crippen LogP) is 0.970. The molecular weight excluding hydrogens is 198 g/mol. The van der Waals surface area contributed by atoms with Crippen LogP contribution in [0, 0.1) is 10.1 Å². The number of hydrogen-bond donors (Lipinski definition) is 1. The van der Waals surface area contributed by atoms with Crippen LogP contribution in [0.2, 0.25) is 0 Å². The Labute approximate surface area is 86.5 Å². The van der Waals surface area contributed by atoms with Gasteiger partial charge in [0, 0.05) is 18.2 Å². The van der Waals surface area contributed by atoms with Crippen LogP contribution in [0.25, 0.3) is 6.08 Å². The van der Waals surface area contributed by atoms with Crippen LogP contribution in [-0.4, -0.2) is 23.6 Å². The van der Waals surface area contributed by atoms with Crippen LogP contribution in [-0.2, 0) is 0 Å². The van der Waals surface area contributed by atoms with E-state index in [0.29, 0.717) is 18.0 Å². The standard InChI is InChI=1S/C9H11N3O3/c1-15-9-7(3-2-4-10)5-8(6-11-9)12(13)14/h2-3,5-6H,4,10H2,1H3. The third kappa shape index (κ3) is 2.75. The molecule has 6 nitrogen and oxygen atoms in total. The molecule has 80 valence electrons. The van der Waals surface area contributed by atoms with Crippen LogP contribution >= 0.6 is 0 Å². The molecule has 0 bridgehead atoms. The van der Waals surface area contributed by atoms with Crippen LogP contribution in [0.5, 0.6) is 5.88 Å². The molecule has 0 atom stereocenters. The Kier molecular flexibility index (Phi) is 3.75. The van der Waals surface area contributed by atoms with Crippen molar-refractivity contribution in [2.45, 2.75) is 0 Å². The van der Waals surface area contributed by atoms with Gasteiger partial charge in [-0.25, -0.2) is 4.98 Å². The normalized spacial score (nSPS) is 10.5. The van der Waals surface area contributed by atoms with Gasteiger partial charge >= 0.3 is 0 Å². The molecule has 0 radical (unpaired) electrons. The van der Waals surface area contributed by atoms with Crippen molar-refractivity contribution in [1.29, 1.82) is 0 Å². The van der Waals surface area contributed by atoms with E-state index in [2.05, 4.69) is 4.98 Å². The molecule has 0 aromatic carbocycles. The maximum absolute atomic E-state index is 10.5. The number of nitrogens with two attached hydrogens (primary N) is 1. The highest BCUT2D eigenvalue weighted by Gasteiger charge is 2.10. The minimum absolute atomic E-state index is 0.0764. The highest BCUT2D eigenvalue weighted by molar-refractivity contribution is 5.58. The summed E-state index contributed by atoms with van der Waals surface area (Å²) in [6.07, 6.45) is 4.46. The molecule has 0 aliphatic carbocycles. The Morgan fingerprint density at radius 3 is 3.00 bits per heavy atom.